The molecular formula is C22H46O2. The summed E-state index contributed by atoms with van der Waals surface area (Å²) < 4.78 is 0. The summed E-state index contributed by atoms with van der Waals surface area (Å²) in [6.07, 6.45) is 15.8. The third-order valence-corrected chi connectivity index (χ3v) is 5.55. The van der Waals surface area contributed by atoms with Gasteiger partial charge in [0, 0.05) is 0 Å². The molecule has 2 N–H and O–H groups in total. The smallest absolute Gasteiger partial charge is 0.0829 e. The van der Waals surface area contributed by atoms with E-state index in [-0.39, 0.29) is 5.92 Å². The van der Waals surface area contributed by atoms with Gasteiger partial charge in [0.1, 0.15) is 0 Å². The van der Waals surface area contributed by atoms with Crippen LogP contribution in [0.4, 0.5) is 0 Å². The Balaban J connectivity index is 4.36. The molecule has 0 aromatic heterocycles. The molecule has 0 bridgehead atoms. The molecule has 2 heteroatoms. The molecule has 146 valence electrons. The minimum Gasteiger partial charge on any atom is -0.390 e. The van der Waals surface area contributed by atoms with Gasteiger partial charge in [-0.2, -0.15) is 0 Å². The van der Waals surface area contributed by atoms with Crippen molar-refractivity contribution < 1.29 is 10.2 Å². The second-order valence-electron chi connectivity index (χ2n) is 7.89. The molecule has 0 aromatic carbocycles. The van der Waals surface area contributed by atoms with Crippen molar-refractivity contribution in [2.24, 2.45) is 11.8 Å². The molecule has 0 saturated carbocycles. The summed E-state index contributed by atoms with van der Waals surface area (Å²) in [7, 11) is 0. The molecule has 0 rings (SSSR count). The fraction of sp³-hybridized carbons (Fsp3) is 1.00. The lowest BCUT2D eigenvalue weighted by Gasteiger charge is -2.32. The summed E-state index contributed by atoms with van der Waals surface area (Å²) in [5.74, 6) is 0.776. The van der Waals surface area contributed by atoms with Crippen molar-refractivity contribution in [2.45, 2.75) is 130 Å². The molecule has 0 aliphatic carbocycles. The van der Waals surface area contributed by atoms with Crippen molar-refractivity contribution in [1.82, 2.24) is 0 Å². The third-order valence-electron chi connectivity index (χ3n) is 5.55. The minimum absolute atomic E-state index is 0.263. The van der Waals surface area contributed by atoms with Gasteiger partial charge in [0.2, 0.25) is 0 Å². The SMILES string of the molecule is CCCCCCCCC(C(C)CCCCCC)C(O)C(O)CCC. The molecule has 4 unspecified atom stereocenters. The normalized spacial score (nSPS) is 16.8. The average Bonchev–Trinajstić information content (AvgIpc) is 2.57. The van der Waals surface area contributed by atoms with E-state index in [4.69, 9.17) is 0 Å². The Bertz CT molecular complexity index is 254. The summed E-state index contributed by atoms with van der Waals surface area (Å²) in [4.78, 5) is 0. The van der Waals surface area contributed by atoms with Gasteiger partial charge >= 0.3 is 0 Å². The second-order valence-corrected chi connectivity index (χ2v) is 7.89. The van der Waals surface area contributed by atoms with Crippen LogP contribution < -0.4 is 0 Å². The van der Waals surface area contributed by atoms with Gasteiger partial charge in [-0.25, -0.2) is 0 Å². The molecule has 0 heterocycles. The van der Waals surface area contributed by atoms with E-state index in [0.29, 0.717) is 5.92 Å². The highest BCUT2D eigenvalue weighted by atomic mass is 16.3. The number of aliphatic hydroxyl groups is 2. The first kappa shape index (κ1) is 23.9. The molecule has 24 heavy (non-hydrogen) atoms. The van der Waals surface area contributed by atoms with E-state index in [1.807, 2.05) is 0 Å². The van der Waals surface area contributed by atoms with Crippen molar-refractivity contribution in [2.75, 3.05) is 0 Å². The van der Waals surface area contributed by atoms with Crippen LogP contribution in [-0.2, 0) is 0 Å². The van der Waals surface area contributed by atoms with Crippen molar-refractivity contribution in [3.63, 3.8) is 0 Å². The van der Waals surface area contributed by atoms with E-state index in [9.17, 15) is 10.2 Å². The van der Waals surface area contributed by atoms with E-state index in [0.717, 1.165) is 19.3 Å². The first-order valence-electron chi connectivity index (χ1n) is 10.9. The number of rotatable bonds is 17. The van der Waals surface area contributed by atoms with Crippen molar-refractivity contribution in [3.8, 4) is 0 Å². The Morgan fingerprint density at radius 2 is 1.08 bits per heavy atom. The number of aliphatic hydroxyl groups excluding tert-OH is 2. The molecule has 0 aliphatic heterocycles. The molecule has 4 atom stereocenters. The second kappa shape index (κ2) is 16.4. The Morgan fingerprint density at radius 1 is 0.583 bits per heavy atom. The number of unbranched alkanes of at least 4 members (excludes halogenated alkanes) is 8. The van der Waals surface area contributed by atoms with Gasteiger partial charge in [0.05, 0.1) is 12.2 Å². The summed E-state index contributed by atoms with van der Waals surface area (Å²) in [5, 5.41) is 20.9. The maximum atomic E-state index is 10.7. The van der Waals surface area contributed by atoms with Crippen LogP contribution in [0.15, 0.2) is 0 Å². The molecule has 0 fully saturated rings. The van der Waals surface area contributed by atoms with E-state index < -0.39 is 12.2 Å². The van der Waals surface area contributed by atoms with Gasteiger partial charge in [0.15, 0.2) is 0 Å². The zero-order valence-electron chi connectivity index (χ0n) is 17.1. The van der Waals surface area contributed by atoms with Crippen LogP contribution in [0, 0.1) is 11.8 Å². The Morgan fingerprint density at radius 3 is 1.67 bits per heavy atom. The van der Waals surface area contributed by atoms with E-state index in [2.05, 4.69) is 27.7 Å². The zero-order valence-corrected chi connectivity index (χ0v) is 17.1. The van der Waals surface area contributed by atoms with E-state index in [1.165, 1.54) is 70.6 Å². The molecule has 0 amide bonds. The fourth-order valence-electron chi connectivity index (χ4n) is 3.81. The van der Waals surface area contributed by atoms with Crippen LogP contribution in [0.25, 0.3) is 0 Å². The quantitative estimate of drug-likeness (QED) is 0.297. The van der Waals surface area contributed by atoms with Gasteiger partial charge < -0.3 is 10.2 Å². The number of hydrogen-bond donors (Lipinski definition) is 2. The van der Waals surface area contributed by atoms with Gasteiger partial charge in [0.25, 0.3) is 0 Å². The summed E-state index contributed by atoms with van der Waals surface area (Å²) in [5.41, 5.74) is 0. The minimum atomic E-state index is -0.543. The van der Waals surface area contributed by atoms with Gasteiger partial charge in [-0.05, 0) is 24.7 Å². The zero-order chi connectivity index (χ0) is 18.2. The fourth-order valence-corrected chi connectivity index (χ4v) is 3.81. The molecular weight excluding hydrogens is 296 g/mol. The summed E-state index contributed by atoms with van der Waals surface area (Å²) >= 11 is 0. The Hall–Kier alpha value is -0.0800. The van der Waals surface area contributed by atoms with E-state index >= 15 is 0 Å². The van der Waals surface area contributed by atoms with E-state index in [1.54, 1.807) is 0 Å². The topological polar surface area (TPSA) is 40.5 Å². The Kier molecular flexibility index (Phi) is 16.3. The molecule has 0 aromatic rings. The maximum Gasteiger partial charge on any atom is 0.0829 e. The highest BCUT2D eigenvalue weighted by Crippen LogP contribution is 2.30. The summed E-state index contributed by atoms with van der Waals surface area (Å²) in [6.45, 7) is 8.86. The Labute approximate surface area is 152 Å². The van der Waals surface area contributed by atoms with Crippen LogP contribution in [0.3, 0.4) is 0 Å². The predicted molar refractivity (Wildman–Crippen MR) is 106 cm³/mol. The first-order valence-corrected chi connectivity index (χ1v) is 10.9. The molecule has 0 saturated heterocycles. The van der Waals surface area contributed by atoms with Crippen molar-refractivity contribution >= 4 is 0 Å². The highest BCUT2D eigenvalue weighted by Gasteiger charge is 2.29. The average molecular weight is 343 g/mol. The van der Waals surface area contributed by atoms with Crippen LogP contribution in [-0.4, -0.2) is 22.4 Å². The van der Waals surface area contributed by atoms with Crippen LogP contribution >= 0.6 is 0 Å². The largest absolute Gasteiger partial charge is 0.390 e. The standard InChI is InChI=1S/C22H46O2/c1-5-8-10-12-13-15-18-20(22(24)21(23)16-7-3)19(4)17-14-11-9-6-2/h19-24H,5-18H2,1-4H3. The predicted octanol–water partition coefficient (Wildman–Crippen LogP) is 6.48. The lowest BCUT2D eigenvalue weighted by molar-refractivity contribution is -0.0402. The first-order chi connectivity index (χ1) is 11.6. The van der Waals surface area contributed by atoms with Gasteiger partial charge in [-0.3, -0.25) is 0 Å². The molecule has 0 spiro atoms. The van der Waals surface area contributed by atoms with Crippen molar-refractivity contribution in [1.29, 1.82) is 0 Å². The molecule has 0 radical (unpaired) electrons. The lowest BCUT2D eigenvalue weighted by atomic mass is 9.79. The molecule has 2 nitrogen and oxygen atoms in total. The van der Waals surface area contributed by atoms with Gasteiger partial charge in [-0.1, -0.05) is 105 Å². The van der Waals surface area contributed by atoms with Crippen LogP contribution in [0.5, 0.6) is 0 Å². The lowest BCUT2D eigenvalue weighted by Crippen LogP contribution is -2.37. The van der Waals surface area contributed by atoms with Gasteiger partial charge in [-0.15, -0.1) is 0 Å². The van der Waals surface area contributed by atoms with Crippen LogP contribution in [0.1, 0.15) is 118 Å². The number of hydrogen-bond acceptors (Lipinski definition) is 2. The third kappa shape index (κ3) is 11.5. The van der Waals surface area contributed by atoms with Crippen molar-refractivity contribution in [3.05, 3.63) is 0 Å². The highest BCUT2D eigenvalue weighted by molar-refractivity contribution is 4.80. The maximum absolute atomic E-state index is 10.7. The molecule has 0 aliphatic rings. The monoisotopic (exact) mass is 342 g/mol. The summed E-state index contributed by atoms with van der Waals surface area (Å²) in [6, 6.07) is 0. The van der Waals surface area contributed by atoms with Crippen LogP contribution in [0.2, 0.25) is 0 Å².